The average molecular weight is 398 g/mol. The van der Waals surface area contributed by atoms with Crippen LogP contribution in [0, 0.1) is 5.92 Å². The Bertz CT molecular complexity index is 647. The van der Waals surface area contributed by atoms with Gasteiger partial charge in [-0.3, -0.25) is 0 Å². The molecule has 0 spiro atoms. The highest BCUT2D eigenvalue weighted by Crippen LogP contribution is 2.29. The molecule has 2 atom stereocenters. The number of benzene rings is 1. The van der Waals surface area contributed by atoms with Gasteiger partial charge in [-0.15, -0.1) is 11.3 Å². The van der Waals surface area contributed by atoms with Crippen molar-refractivity contribution in [1.29, 1.82) is 0 Å². The van der Waals surface area contributed by atoms with Crippen molar-refractivity contribution in [3.8, 4) is 5.75 Å². The maximum atomic E-state index is 12.2. The van der Waals surface area contributed by atoms with E-state index in [2.05, 4.69) is 6.92 Å². The molecule has 1 saturated heterocycles. The van der Waals surface area contributed by atoms with Crippen LogP contribution < -0.4 is 22.0 Å². The summed E-state index contributed by atoms with van der Waals surface area (Å²) in [6.45, 7) is 6.64. The molecule has 1 aromatic carbocycles. The number of carbonyl (C=O) groups is 1. The summed E-state index contributed by atoms with van der Waals surface area (Å²) in [4.78, 5) is 14.8. The first-order valence-corrected chi connectivity index (χ1v) is 9.48. The van der Waals surface area contributed by atoms with Gasteiger partial charge in [0.2, 0.25) is 0 Å². The summed E-state index contributed by atoms with van der Waals surface area (Å²) in [7, 11) is 0. The van der Waals surface area contributed by atoms with E-state index in [4.69, 9.17) is 14.2 Å². The standard InChI is InChI=1S/C19H23NO4S.ClH/c1-15(14-20-9-11-22-12-10-20)18(17-8-5-13-25-17)24-19(21)23-16-6-3-2-4-7-16;/h2-8,13,15,18H,9-12,14H2,1H3;1H. The summed E-state index contributed by atoms with van der Waals surface area (Å²) in [6.07, 6.45) is -0.958. The molecule has 26 heavy (non-hydrogen) atoms. The number of rotatable bonds is 6. The van der Waals surface area contributed by atoms with E-state index in [9.17, 15) is 4.79 Å². The first-order chi connectivity index (χ1) is 12.2. The molecule has 2 unspecified atom stereocenters. The van der Waals surface area contributed by atoms with Crippen LogP contribution in [0.1, 0.15) is 17.9 Å². The van der Waals surface area contributed by atoms with Crippen molar-refractivity contribution in [3.05, 3.63) is 52.7 Å². The SMILES string of the molecule is CC(C[NH+]1CCOCC1)C(OC(=O)Oc1ccccc1)c1cccs1.[Cl-]. The first-order valence-electron chi connectivity index (χ1n) is 8.60. The molecule has 1 N–H and O–H groups in total. The van der Waals surface area contributed by atoms with Crippen LogP contribution >= 0.6 is 11.3 Å². The molecular weight excluding hydrogens is 374 g/mol. The quantitative estimate of drug-likeness (QED) is 0.530. The molecule has 3 rings (SSSR count). The van der Waals surface area contributed by atoms with Gasteiger partial charge in [0.1, 0.15) is 24.9 Å². The minimum Gasteiger partial charge on any atom is -1.00 e. The maximum Gasteiger partial charge on any atom is 0.514 e. The fourth-order valence-corrected chi connectivity index (χ4v) is 3.93. The van der Waals surface area contributed by atoms with E-state index in [0.29, 0.717) is 5.75 Å². The molecule has 1 fully saturated rings. The van der Waals surface area contributed by atoms with Gasteiger partial charge in [-0.1, -0.05) is 31.2 Å². The van der Waals surface area contributed by atoms with Crippen molar-refractivity contribution in [1.82, 2.24) is 0 Å². The third kappa shape index (κ3) is 5.99. The summed E-state index contributed by atoms with van der Waals surface area (Å²) in [5.41, 5.74) is 0. The monoisotopic (exact) mass is 397 g/mol. The van der Waals surface area contributed by atoms with Crippen LogP contribution in [0.15, 0.2) is 47.8 Å². The Hall–Kier alpha value is -1.60. The lowest BCUT2D eigenvalue weighted by atomic mass is 10.0. The highest BCUT2D eigenvalue weighted by Gasteiger charge is 2.29. The maximum absolute atomic E-state index is 12.2. The largest absolute Gasteiger partial charge is 1.00 e. The molecule has 0 saturated carbocycles. The van der Waals surface area contributed by atoms with Gasteiger partial charge in [-0.25, -0.2) is 4.79 Å². The lowest BCUT2D eigenvalue weighted by Gasteiger charge is -2.29. The van der Waals surface area contributed by atoms with Crippen LogP contribution in [-0.4, -0.2) is 39.0 Å². The Morgan fingerprint density at radius 1 is 1.19 bits per heavy atom. The lowest BCUT2D eigenvalue weighted by Crippen LogP contribution is -3.14. The van der Waals surface area contributed by atoms with Gasteiger partial charge in [0.05, 0.1) is 19.8 Å². The van der Waals surface area contributed by atoms with Crippen LogP contribution in [0.5, 0.6) is 5.75 Å². The van der Waals surface area contributed by atoms with Gasteiger partial charge >= 0.3 is 6.16 Å². The van der Waals surface area contributed by atoms with E-state index in [-0.39, 0.29) is 24.4 Å². The van der Waals surface area contributed by atoms with Gasteiger partial charge in [-0.2, -0.15) is 0 Å². The summed E-state index contributed by atoms with van der Waals surface area (Å²) < 4.78 is 16.4. The van der Waals surface area contributed by atoms with E-state index in [1.54, 1.807) is 23.5 Å². The van der Waals surface area contributed by atoms with Gasteiger partial charge in [0, 0.05) is 10.8 Å². The van der Waals surface area contributed by atoms with Crippen molar-refractivity contribution in [2.24, 2.45) is 5.92 Å². The van der Waals surface area contributed by atoms with Crippen molar-refractivity contribution in [2.75, 3.05) is 32.8 Å². The Morgan fingerprint density at radius 2 is 1.92 bits per heavy atom. The van der Waals surface area contributed by atoms with Gasteiger partial charge in [-0.05, 0) is 23.6 Å². The predicted molar refractivity (Wildman–Crippen MR) is 96.2 cm³/mol. The zero-order chi connectivity index (χ0) is 17.5. The smallest absolute Gasteiger partial charge is 0.514 e. The van der Waals surface area contributed by atoms with Crippen molar-refractivity contribution < 1.29 is 36.3 Å². The van der Waals surface area contributed by atoms with Gasteiger partial charge in [0.25, 0.3) is 0 Å². The fraction of sp³-hybridized carbons (Fsp3) is 0.421. The molecule has 1 aromatic heterocycles. The molecule has 0 radical (unpaired) electrons. The van der Waals surface area contributed by atoms with Crippen LogP contribution in [0.2, 0.25) is 0 Å². The summed E-state index contributed by atoms with van der Waals surface area (Å²) in [6, 6.07) is 13.0. The second-order valence-corrected chi connectivity index (χ2v) is 7.24. The zero-order valence-corrected chi connectivity index (χ0v) is 16.3. The third-order valence-corrected chi connectivity index (χ3v) is 5.25. The third-order valence-electron chi connectivity index (χ3n) is 4.32. The molecule has 5 nitrogen and oxygen atoms in total. The molecule has 0 bridgehead atoms. The van der Waals surface area contributed by atoms with Gasteiger partial charge in [0.15, 0.2) is 0 Å². The highest BCUT2D eigenvalue weighted by molar-refractivity contribution is 7.10. The Morgan fingerprint density at radius 3 is 2.58 bits per heavy atom. The van der Waals surface area contributed by atoms with E-state index < -0.39 is 6.16 Å². The highest BCUT2D eigenvalue weighted by atomic mass is 35.5. The van der Waals surface area contributed by atoms with Crippen molar-refractivity contribution in [2.45, 2.75) is 13.0 Å². The Labute approximate surface area is 164 Å². The molecule has 1 aliphatic heterocycles. The number of quaternary nitrogens is 1. The Balaban J connectivity index is 0.00000243. The van der Waals surface area contributed by atoms with Gasteiger partial charge < -0.3 is 31.5 Å². The molecule has 0 aliphatic carbocycles. The number of carbonyl (C=O) groups excluding carboxylic acids is 1. The number of hydrogen-bond donors (Lipinski definition) is 1. The number of morpholine rings is 1. The number of nitrogens with one attached hydrogen (secondary N) is 1. The number of ether oxygens (including phenoxy) is 3. The van der Waals surface area contributed by atoms with E-state index in [0.717, 1.165) is 37.7 Å². The zero-order valence-electron chi connectivity index (χ0n) is 14.7. The number of hydrogen-bond acceptors (Lipinski definition) is 5. The van der Waals surface area contributed by atoms with Crippen LogP contribution in [0.4, 0.5) is 4.79 Å². The molecule has 0 amide bonds. The second-order valence-electron chi connectivity index (χ2n) is 6.26. The molecule has 2 heterocycles. The van der Waals surface area contributed by atoms with Crippen LogP contribution in [-0.2, 0) is 9.47 Å². The number of thiophene rings is 1. The Kier molecular flexibility index (Phi) is 8.38. The average Bonchev–Trinajstić information content (AvgIpc) is 3.15. The minimum absolute atomic E-state index is 0. The topological polar surface area (TPSA) is 49.2 Å². The second kappa shape index (κ2) is 10.5. The molecule has 2 aromatic rings. The van der Waals surface area contributed by atoms with E-state index in [1.807, 2.05) is 35.7 Å². The minimum atomic E-state index is -0.659. The van der Waals surface area contributed by atoms with Crippen LogP contribution in [0.25, 0.3) is 0 Å². The lowest BCUT2D eigenvalue weighted by molar-refractivity contribution is -0.911. The molecular formula is C19H24ClNO4S. The first kappa shape index (κ1) is 20.7. The summed E-state index contributed by atoms with van der Waals surface area (Å²) in [5, 5.41) is 2.00. The molecule has 7 heteroatoms. The molecule has 1 aliphatic rings. The normalized spacial score (nSPS) is 17.0. The number of para-hydroxylation sites is 1. The summed E-state index contributed by atoms with van der Waals surface area (Å²) in [5.74, 6) is 0.680. The van der Waals surface area contributed by atoms with Crippen molar-refractivity contribution >= 4 is 17.5 Å². The number of halogens is 1. The van der Waals surface area contributed by atoms with Crippen LogP contribution in [0.3, 0.4) is 0 Å². The van der Waals surface area contributed by atoms with Crippen molar-refractivity contribution in [3.63, 3.8) is 0 Å². The molecule has 142 valence electrons. The fourth-order valence-electron chi connectivity index (χ4n) is 3.05. The predicted octanol–water partition coefficient (Wildman–Crippen LogP) is -0.440. The van der Waals surface area contributed by atoms with E-state index in [1.165, 1.54) is 4.90 Å². The van der Waals surface area contributed by atoms with E-state index >= 15 is 0 Å². The summed E-state index contributed by atoms with van der Waals surface area (Å²) >= 11 is 1.60.